The molecule has 1 aromatic heterocycles. The Balaban J connectivity index is 2.43. The molecule has 4 heteroatoms. The van der Waals surface area contributed by atoms with Crippen molar-refractivity contribution in [2.24, 2.45) is 11.7 Å². The van der Waals surface area contributed by atoms with Gasteiger partial charge in [0, 0.05) is 15.3 Å². The molecule has 1 unspecified atom stereocenters. The zero-order valence-corrected chi connectivity index (χ0v) is 12.1. The molecule has 0 bridgehead atoms. The van der Waals surface area contributed by atoms with Crippen molar-refractivity contribution in [2.75, 3.05) is 0 Å². The molecule has 0 amide bonds. The Bertz CT molecular complexity index is 505. The van der Waals surface area contributed by atoms with Crippen LogP contribution in [0.1, 0.15) is 25.6 Å². The van der Waals surface area contributed by atoms with Crippen LogP contribution in [0.15, 0.2) is 36.8 Å². The predicted molar refractivity (Wildman–Crippen MR) is 78.0 cm³/mol. The lowest BCUT2D eigenvalue weighted by atomic mass is 10.0. The molecule has 3 nitrogen and oxygen atoms in total. The van der Waals surface area contributed by atoms with E-state index in [-0.39, 0.29) is 6.04 Å². The summed E-state index contributed by atoms with van der Waals surface area (Å²) >= 11 is 2.31. The lowest BCUT2D eigenvalue weighted by Gasteiger charge is -2.18. The van der Waals surface area contributed by atoms with E-state index in [0.29, 0.717) is 5.92 Å². The molecule has 1 atom stereocenters. The molecule has 1 aromatic carbocycles. The van der Waals surface area contributed by atoms with Crippen molar-refractivity contribution < 1.29 is 0 Å². The third kappa shape index (κ3) is 2.69. The summed E-state index contributed by atoms with van der Waals surface area (Å²) in [5.74, 6) is 0.397. The van der Waals surface area contributed by atoms with E-state index in [1.807, 2.05) is 18.6 Å². The highest BCUT2D eigenvalue weighted by Gasteiger charge is 2.15. The van der Waals surface area contributed by atoms with Crippen LogP contribution in [0.3, 0.4) is 0 Å². The monoisotopic (exact) mass is 341 g/mol. The second-order valence-corrected chi connectivity index (χ2v) is 5.68. The smallest absolute Gasteiger partial charge is 0.0994 e. The van der Waals surface area contributed by atoms with Crippen LogP contribution in [-0.2, 0) is 0 Å². The molecule has 0 saturated carbocycles. The minimum Gasteiger partial charge on any atom is -0.322 e. The highest BCUT2D eigenvalue weighted by molar-refractivity contribution is 14.1. The maximum absolute atomic E-state index is 6.20. The Morgan fingerprint density at radius 3 is 2.76 bits per heavy atom. The number of imidazole rings is 1. The van der Waals surface area contributed by atoms with Gasteiger partial charge in [0.1, 0.15) is 0 Å². The van der Waals surface area contributed by atoms with Crippen molar-refractivity contribution in [3.8, 4) is 5.69 Å². The number of halogens is 1. The molecule has 2 aromatic rings. The van der Waals surface area contributed by atoms with E-state index in [1.165, 1.54) is 3.57 Å². The fraction of sp³-hybridized carbons (Fsp3) is 0.308. The van der Waals surface area contributed by atoms with Crippen molar-refractivity contribution >= 4 is 22.6 Å². The fourth-order valence-corrected chi connectivity index (χ4v) is 2.26. The van der Waals surface area contributed by atoms with Gasteiger partial charge in [-0.2, -0.15) is 0 Å². The summed E-state index contributed by atoms with van der Waals surface area (Å²) in [6, 6.07) is 8.32. The number of nitrogens with zero attached hydrogens (tertiary/aromatic N) is 2. The first-order valence-electron chi connectivity index (χ1n) is 5.63. The Hall–Kier alpha value is -0.880. The van der Waals surface area contributed by atoms with E-state index >= 15 is 0 Å². The van der Waals surface area contributed by atoms with Crippen LogP contribution in [0.4, 0.5) is 0 Å². The van der Waals surface area contributed by atoms with E-state index in [0.717, 1.165) is 11.4 Å². The maximum Gasteiger partial charge on any atom is 0.0994 e. The van der Waals surface area contributed by atoms with Crippen molar-refractivity contribution in [1.82, 2.24) is 9.55 Å². The Kier molecular flexibility index (Phi) is 3.83. The first-order valence-corrected chi connectivity index (χ1v) is 6.71. The van der Waals surface area contributed by atoms with Crippen LogP contribution >= 0.6 is 22.6 Å². The summed E-state index contributed by atoms with van der Waals surface area (Å²) in [6.07, 6.45) is 3.67. The normalized spacial score (nSPS) is 13.0. The van der Waals surface area contributed by atoms with E-state index in [1.54, 1.807) is 0 Å². The molecule has 2 rings (SSSR count). The van der Waals surface area contributed by atoms with Gasteiger partial charge in [0.2, 0.25) is 0 Å². The zero-order valence-electron chi connectivity index (χ0n) is 9.97. The van der Waals surface area contributed by atoms with Gasteiger partial charge in [-0.3, -0.25) is 0 Å². The van der Waals surface area contributed by atoms with Crippen LogP contribution in [0.5, 0.6) is 0 Å². The Labute approximate surface area is 115 Å². The molecular formula is C13H16IN3. The largest absolute Gasteiger partial charge is 0.322 e. The van der Waals surface area contributed by atoms with Gasteiger partial charge >= 0.3 is 0 Å². The van der Waals surface area contributed by atoms with E-state index in [4.69, 9.17) is 5.73 Å². The molecule has 0 saturated heterocycles. The van der Waals surface area contributed by atoms with Gasteiger partial charge in [-0.15, -0.1) is 0 Å². The summed E-state index contributed by atoms with van der Waals surface area (Å²) in [5, 5.41) is 0. The maximum atomic E-state index is 6.20. The molecule has 0 aliphatic rings. The molecule has 0 fully saturated rings. The van der Waals surface area contributed by atoms with Gasteiger partial charge in [0.25, 0.3) is 0 Å². The molecule has 0 spiro atoms. The van der Waals surface area contributed by atoms with Crippen LogP contribution in [0, 0.1) is 9.49 Å². The molecule has 90 valence electrons. The average Bonchev–Trinajstić information content (AvgIpc) is 2.76. The fourth-order valence-electron chi connectivity index (χ4n) is 1.74. The Morgan fingerprint density at radius 2 is 2.12 bits per heavy atom. The van der Waals surface area contributed by atoms with E-state index in [2.05, 4.69) is 64.2 Å². The molecule has 0 aliphatic carbocycles. The quantitative estimate of drug-likeness (QED) is 0.872. The van der Waals surface area contributed by atoms with Crippen molar-refractivity contribution in [3.05, 3.63) is 46.1 Å². The van der Waals surface area contributed by atoms with Gasteiger partial charge < -0.3 is 10.3 Å². The van der Waals surface area contributed by atoms with Crippen molar-refractivity contribution in [3.63, 3.8) is 0 Å². The van der Waals surface area contributed by atoms with Crippen LogP contribution in [0.25, 0.3) is 5.69 Å². The molecule has 17 heavy (non-hydrogen) atoms. The summed E-state index contributed by atoms with van der Waals surface area (Å²) in [6.45, 7) is 4.24. The predicted octanol–water partition coefficient (Wildman–Crippen LogP) is 3.13. The number of rotatable bonds is 3. The lowest BCUT2D eigenvalue weighted by Crippen LogP contribution is -2.19. The summed E-state index contributed by atoms with van der Waals surface area (Å²) in [5.41, 5.74) is 8.36. The topological polar surface area (TPSA) is 43.8 Å². The van der Waals surface area contributed by atoms with Crippen molar-refractivity contribution in [2.45, 2.75) is 19.9 Å². The lowest BCUT2D eigenvalue weighted by molar-refractivity contribution is 0.497. The number of hydrogen-bond acceptors (Lipinski definition) is 2. The summed E-state index contributed by atoms with van der Waals surface area (Å²) < 4.78 is 3.27. The standard InChI is InChI=1S/C13H16IN3/c1-9(2)13(15)12-7-16-8-17(12)11-5-3-4-10(14)6-11/h3-9,13H,15H2,1-2H3. The Morgan fingerprint density at radius 1 is 1.35 bits per heavy atom. The molecular weight excluding hydrogens is 325 g/mol. The van der Waals surface area contributed by atoms with Crippen LogP contribution < -0.4 is 5.73 Å². The minimum atomic E-state index is 0.00960. The SMILES string of the molecule is CC(C)C(N)c1cncn1-c1cccc(I)c1. The van der Waals surface area contributed by atoms with E-state index in [9.17, 15) is 0 Å². The van der Waals surface area contributed by atoms with Crippen molar-refractivity contribution in [1.29, 1.82) is 0 Å². The molecule has 2 N–H and O–H groups in total. The number of nitrogens with two attached hydrogens (primary N) is 1. The number of aromatic nitrogens is 2. The molecule has 0 radical (unpaired) electrons. The first kappa shape index (κ1) is 12.6. The highest BCUT2D eigenvalue weighted by Crippen LogP contribution is 2.22. The van der Waals surface area contributed by atoms with Crippen LogP contribution in [0.2, 0.25) is 0 Å². The van der Waals surface area contributed by atoms with Gasteiger partial charge in [-0.05, 0) is 46.7 Å². The van der Waals surface area contributed by atoms with Gasteiger partial charge in [-0.25, -0.2) is 4.98 Å². The van der Waals surface area contributed by atoms with E-state index < -0.39 is 0 Å². The van der Waals surface area contributed by atoms with Crippen LogP contribution in [-0.4, -0.2) is 9.55 Å². The molecule has 1 heterocycles. The summed E-state index contributed by atoms with van der Waals surface area (Å²) in [4.78, 5) is 4.21. The summed E-state index contributed by atoms with van der Waals surface area (Å²) in [7, 11) is 0. The van der Waals surface area contributed by atoms with Gasteiger partial charge in [0.15, 0.2) is 0 Å². The zero-order chi connectivity index (χ0) is 12.4. The van der Waals surface area contributed by atoms with Gasteiger partial charge in [-0.1, -0.05) is 19.9 Å². The molecule has 0 aliphatic heterocycles. The second-order valence-electron chi connectivity index (χ2n) is 4.44. The third-order valence-electron chi connectivity index (χ3n) is 2.81. The number of benzene rings is 1. The third-order valence-corrected chi connectivity index (χ3v) is 3.48. The first-order chi connectivity index (χ1) is 8.09. The number of hydrogen-bond donors (Lipinski definition) is 1. The average molecular weight is 341 g/mol. The highest BCUT2D eigenvalue weighted by atomic mass is 127. The minimum absolute atomic E-state index is 0.00960. The second kappa shape index (κ2) is 5.18. The van der Waals surface area contributed by atoms with Gasteiger partial charge in [0.05, 0.1) is 18.2 Å².